The summed E-state index contributed by atoms with van der Waals surface area (Å²) in [7, 11) is 1.56. The third-order valence-electron chi connectivity index (χ3n) is 2.89. The highest BCUT2D eigenvalue weighted by atomic mass is 79.9. The van der Waals surface area contributed by atoms with Gasteiger partial charge in [-0.1, -0.05) is 18.2 Å². The lowest BCUT2D eigenvalue weighted by Gasteiger charge is -2.13. The normalized spacial score (nSPS) is 10.3. The Morgan fingerprint density at radius 2 is 1.84 bits per heavy atom. The van der Waals surface area contributed by atoms with Crippen LogP contribution in [0.3, 0.4) is 0 Å². The minimum absolute atomic E-state index is 0.0574. The molecule has 2 rings (SSSR count). The van der Waals surface area contributed by atoms with Crippen molar-refractivity contribution in [1.82, 2.24) is 0 Å². The lowest BCUT2D eigenvalue weighted by atomic mass is 9.98. The maximum Gasteiger partial charge on any atom is 0.278 e. The first-order chi connectivity index (χ1) is 9.06. The van der Waals surface area contributed by atoms with Gasteiger partial charge in [-0.05, 0) is 40.5 Å². The van der Waals surface area contributed by atoms with Gasteiger partial charge in [0.05, 0.1) is 17.6 Å². The van der Waals surface area contributed by atoms with Gasteiger partial charge >= 0.3 is 0 Å². The Balaban J connectivity index is 2.82. The van der Waals surface area contributed by atoms with Gasteiger partial charge in [-0.3, -0.25) is 10.1 Å². The summed E-state index contributed by atoms with van der Waals surface area (Å²) in [6.07, 6.45) is 0. The number of nitrogens with zero attached hydrogens (tertiary/aromatic N) is 1. The van der Waals surface area contributed by atoms with Crippen LogP contribution in [0.1, 0.15) is 5.56 Å². The average Bonchev–Trinajstić information content (AvgIpc) is 2.38. The third-order valence-corrected chi connectivity index (χ3v) is 3.55. The van der Waals surface area contributed by atoms with Crippen molar-refractivity contribution in [3.63, 3.8) is 0 Å². The highest BCUT2D eigenvalue weighted by molar-refractivity contribution is 9.10. The van der Waals surface area contributed by atoms with Gasteiger partial charge in [0.15, 0.2) is 0 Å². The van der Waals surface area contributed by atoms with Crippen molar-refractivity contribution >= 4 is 21.6 Å². The minimum atomic E-state index is -0.383. The number of benzene rings is 2. The lowest BCUT2D eigenvalue weighted by molar-refractivity contribution is -0.384. The molecule has 2 aromatic rings. The summed E-state index contributed by atoms with van der Waals surface area (Å²) in [4.78, 5) is 10.8. The van der Waals surface area contributed by atoms with E-state index in [1.807, 2.05) is 19.1 Å². The van der Waals surface area contributed by atoms with Crippen LogP contribution in [0.4, 0.5) is 5.69 Å². The van der Waals surface area contributed by atoms with Crippen molar-refractivity contribution in [2.45, 2.75) is 6.92 Å². The monoisotopic (exact) mass is 321 g/mol. The van der Waals surface area contributed by atoms with Crippen LogP contribution in [0.15, 0.2) is 40.9 Å². The van der Waals surface area contributed by atoms with E-state index in [2.05, 4.69) is 15.9 Å². The van der Waals surface area contributed by atoms with E-state index >= 15 is 0 Å². The number of methoxy groups -OCH3 is 1. The maximum absolute atomic E-state index is 11.2. The summed E-state index contributed by atoms with van der Waals surface area (Å²) in [6.45, 7) is 1.90. The summed E-state index contributed by atoms with van der Waals surface area (Å²) < 4.78 is 6.00. The predicted octanol–water partition coefficient (Wildman–Crippen LogP) is 4.34. The van der Waals surface area contributed by atoms with E-state index in [4.69, 9.17) is 4.74 Å². The van der Waals surface area contributed by atoms with Gasteiger partial charge in [-0.25, -0.2) is 0 Å². The first-order valence-corrected chi connectivity index (χ1v) is 6.42. The molecule has 0 aliphatic rings. The van der Waals surface area contributed by atoms with Crippen LogP contribution in [0, 0.1) is 17.0 Å². The van der Waals surface area contributed by atoms with Crippen molar-refractivity contribution < 1.29 is 9.66 Å². The molecule has 0 aliphatic carbocycles. The third kappa shape index (κ3) is 2.46. The molecule has 19 heavy (non-hydrogen) atoms. The SMILES string of the molecule is COc1cccc(C)c1-c1c(Br)cccc1[N+](=O)[O-]. The molecule has 5 heteroatoms. The second kappa shape index (κ2) is 5.40. The summed E-state index contributed by atoms with van der Waals surface area (Å²) in [5.41, 5.74) is 2.27. The number of aryl methyl sites for hydroxylation is 1. The van der Waals surface area contributed by atoms with Crippen molar-refractivity contribution in [2.24, 2.45) is 0 Å². The molecule has 4 nitrogen and oxygen atoms in total. The molecule has 98 valence electrons. The topological polar surface area (TPSA) is 52.4 Å². The Bertz CT molecular complexity index is 641. The summed E-state index contributed by atoms with van der Waals surface area (Å²) in [6, 6.07) is 10.5. The van der Waals surface area contributed by atoms with Crippen LogP contribution in [0.5, 0.6) is 5.75 Å². The number of hydrogen-bond acceptors (Lipinski definition) is 3. The van der Waals surface area contributed by atoms with Crippen LogP contribution < -0.4 is 4.74 Å². The molecule has 0 bridgehead atoms. The predicted molar refractivity (Wildman–Crippen MR) is 77.5 cm³/mol. The maximum atomic E-state index is 11.2. The van der Waals surface area contributed by atoms with Crippen LogP contribution in [-0.2, 0) is 0 Å². The van der Waals surface area contributed by atoms with Gasteiger partial charge in [0.25, 0.3) is 5.69 Å². The molecule has 0 fully saturated rings. The molecule has 0 radical (unpaired) electrons. The van der Waals surface area contributed by atoms with Gasteiger partial charge in [0, 0.05) is 16.1 Å². The fraction of sp³-hybridized carbons (Fsp3) is 0.143. The Morgan fingerprint density at radius 1 is 1.16 bits per heavy atom. The minimum Gasteiger partial charge on any atom is -0.496 e. The molecule has 0 saturated heterocycles. The summed E-state index contributed by atoms with van der Waals surface area (Å²) in [5.74, 6) is 0.620. The van der Waals surface area contributed by atoms with Gasteiger partial charge in [0.1, 0.15) is 5.75 Å². The lowest BCUT2D eigenvalue weighted by Crippen LogP contribution is -1.97. The molecule has 0 amide bonds. The molecule has 0 aliphatic heterocycles. The van der Waals surface area contributed by atoms with Crippen LogP contribution >= 0.6 is 15.9 Å². The van der Waals surface area contributed by atoms with E-state index < -0.39 is 0 Å². The second-order valence-corrected chi connectivity index (χ2v) is 4.90. The fourth-order valence-electron chi connectivity index (χ4n) is 2.04. The van der Waals surface area contributed by atoms with Crippen molar-refractivity contribution in [1.29, 1.82) is 0 Å². The van der Waals surface area contributed by atoms with Crippen molar-refractivity contribution in [3.8, 4) is 16.9 Å². The van der Waals surface area contributed by atoms with E-state index in [0.29, 0.717) is 15.8 Å². The summed E-state index contributed by atoms with van der Waals surface area (Å²) >= 11 is 3.39. The molecular formula is C14H12BrNO3. The average molecular weight is 322 g/mol. The zero-order chi connectivity index (χ0) is 14.0. The molecule has 0 atom stereocenters. The largest absolute Gasteiger partial charge is 0.496 e. The molecule has 0 heterocycles. The molecule has 2 aromatic carbocycles. The number of nitro benzene ring substituents is 1. The quantitative estimate of drug-likeness (QED) is 0.624. The van der Waals surface area contributed by atoms with Crippen LogP contribution in [-0.4, -0.2) is 12.0 Å². The molecule has 0 saturated carbocycles. The van der Waals surface area contributed by atoms with Gasteiger partial charge in [-0.15, -0.1) is 0 Å². The molecule has 0 unspecified atom stereocenters. The number of rotatable bonds is 3. The first kappa shape index (κ1) is 13.5. The van der Waals surface area contributed by atoms with Crippen molar-refractivity contribution in [3.05, 3.63) is 56.5 Å². The van der Waals surface area contributed by atoms with E-state index in [0.717, 1.165) is 11.1 Å². The molecule has 0 aromatic heterocycles. The van der Waals surface area contributed by atoms with Gasteiger partial charge in [0.2, 0.25) is 0 Å². The Hall–Kier alpha value is -1.88. The second-order valence-electron chi connectivity index (χ2n) is 4.04. The standard InChI is InChI=1S/C14H12BrNO3/c1-9-5-3-8-12(19-2)13(9)14-10(15)6-4-7-11(14)16(17)18/h3-8H,1-2H3. The highest BCUT2D eigenvalue weighted by Gasteiger charge is 2.22. The molecule has 0 spiro atoms. The number of halogens is 1. The van der Waals surface area contributed by atoms with Gasteiger partial charge < -0.3 is 4.74 Å². The summed E-state index contributed by atoms with van der Waals surface area (Å²) in [5, 5.41) is 11.2. The Labute approximate surface area is 119 Å². The number of hydrogen-bond donors (Lipinski definition) is 0. The first-order valence-electron chi connectivity index (χ1n) is 5.63. The zero-order valence-electron chi connectivity index (χ0n) is 10.5. The van der Waals surface area contributed by atoms with Crippen LogP contribution in [0.25, 0.3) is 11.1 Å². The van der Waals surface area contributed by atoms with E-state index in [1.54, 1.807) is 25.3 Å². The van der Waals surface area contributed by atoms with E-state index in [-0.39, 0.29) is 10.6 Å². The molecular weight excluding hydrogens is 310 g/mol. The Kier molecular flexibility index (Phi) is 3.85. The van der Waals surface area contributed by atoms with E-state index in [9.17, 15) is 10.1 Å². The highest BCUT2D eigenvalue weighted by Crippen LogP contribution is 2.42. The fourth-order valence-corrected chi connectivity index (χ4v) is 2.60. The van der Waals surface area contributed by atoms with Crippen LogP contribution in [0.2, 0.25) is 0 Å². The van der Waals surface area contributed by atoms with Crippen molar-refractivity contribution in [2.75, 3.05) is 7.11 Å². The number of ether oxygens (including phenoxy) is 1. The van der Waals surface area contributed by atoms with E-state index in [1.165, 1.54) is 6.07 Å². The number of nitro groups is 1. The Morgan fingerprint density at radius 3 is 2.47 bits per heavy atom. The zero-order valence-corrected chi connectivity index (χ0v) is 12.1. The van der Waals surface area contributed by atoms with Gasteiger partial charge in [-0.2, -0.15) is 0 Å². The molecule has 0 N–H and O–H groups in total. The smallest absolute Gasteiger partial charge is 0.278 e.